The summed E-state index contributed by atoms with van der Waals surface area (Å²) in [6.45, 7) is 12.9. The van der Waals surface area contributed by atoms with Crippen LogP contribution in [0.2, 0.25) is 0 Å². The van der Waals surface area contributed by atoms with E-state index in [1.807, 2.05) is 0 Å². The molecule has 1 aliphatic heterocycles. The Labute approximate surface area is 256 Å². The van der Waals surface area contributed by atoms with E-state index in [1.54, 1.807) is 48.5 Å². The van der Waals surface area contributed by atoms with E-state index in [1.165, 1.54) is 24.9 Å². The number of hydrogen-bond acceptors (Lipinski definition) is 13. The van der Waals surface area contributed by atoms with Crippen LogP contribution in [0.15, 0.2) is 6.33 Å². The van der Waals surface area contributed by atoms with Gasteiger partial charge in [0.15, 0.2) is 17.4 Å². The fraction of sp³-hybridized carbons (Fsp3) is 0.741. The zero-order valence-corrected chi connectivity index (χ0v) is 27.5. The summed E-state index contributed by atoms with van der Waals surface area (Å²) in [5, 5.41) is 28.0. The number of methoxy groups -OCH3 is 1. The standard InChI is InChI=1S/C27H45N6O10P/c1-10-40-24(35)18(14(3)4)31-44(38,32-19(15(5)6)25(36)41-11-2)42-12-17-21(34)27(8,37)26(43-17)33-13-28-20-22(33)29-16(7)30-23(20)39-9/h13-15,17-19,21,26,34,37H,10-12H2,1-9H3,(H2,31,32,38)/t17-,18-,19+,21?,26-,27+,44?/m1/s1. The average Bonchev–Trinajstić information content (AvgIpc) is 3.46. The molecule has 4 N–H and O–H groups in total. The second kappa shape index (κ2) is 14.6. The maximum atomic E-state index is 14.4. The quantitative estimate of drug-likeness (QED) is 0.161. The molecule has 17 heteroatoms. The van der Waals surface area contributed by atoms with Gasteiger partial charge >= 0.3 is 19.6 Å². The van der Waals surface area contributed by atoms with Crippen LogP contribution >= 0.6 is 7.67 Å². The molecular formula is C27H45N6O10P. The van der Waals surface area contributed by atoms with Crippen LogP contribution in [0.3, 0.4) is 0 Å². The Morgan fingerprint density at radius 3 is 2.11 bits per heavy atom. The van der Waals surface area contributed by atoms with Gasteiger partial charge in [0.2, 0.25) is 5.88 Å². The number of hydrogen-bond donors (Lipinski definition) is 4. The van der Waals surface area contributed by atoms with E-state index >= 15 is 0 Å². The Bertz CT molecular complexity index is 1320. The van der Waals surface area contributed by atoms with E-state index in [9.17, 15) is 24.4 Å². The van der Waals surface area contributed by atoms with Gasteiger partial charge in [0.05, 0.1) is 33.3 Å². The summed E-state index contributed by atoms with van der Waals surface area (Å²) in [7, 11) is -2.84. The van der Waals surface area contributed by atoms with Gasteiger partial charge in [-0.1, -0.05) is 27.7 Å². The topological polar surface area (TPSA) is 205 Å². The fourth-order valence-corrected chi connectivity index (χ4v) is 6.87. The van der Waals surface area contributed by atoms with Crippen molar-refractivity contribution in [3.8, 4) is 5.88 Å². The van der Waals surface area contributed by atoms with Crippen molar-refractivity contribution in [3.05, 3.63) is 12.2 Å². The van der Waals surface area contributed by atoms with Gasteiger partial charge in [-0.3, -0.25) is 18.7 Å². The van der Waals surface area contributed by atoms with Gasteiger partial charge in [-0.25, -0.2) is 20.1 Å². The van der Waals surface area contributed by atoms with Crippen LogP contribution in [0, 0.1) is 18.8 Å². The zero-order valence-electron chi connectivity index (χ0n) is 26.6. The normalized spacial score (nSPS) is 24.8. The molecule has 0 saturated carbocycles. The molecule has 248 valence electrons. The van der Waals surface area contributed by atoms with Crippen molar-refractivity contribution in [2.75, 3.05) is 26.9 Å². The molecule has 7 atom stereocenters. The van der Waals surface area contributed by atoms with Gasteiger partial charge in [0, 0.05) is 0 Å². The average molecular weight is 645 g/mol. The molecule has 16 nitrogen and oxygen atoms in total. The van der Waals surface area contributed by atoms with E-state index in [-0.39, 0.29) is 30.9 Å². The highest BCUT2D eigenvalue weighted by Crippen LogP contribution is 2.45. The van der Waals surface area contributed by atoms with Crippen molar-refractivity contribution < 1.29 is 47.8 Å². The van der Waals surface area contributed by atoms with Crippen LogP contribution in [0.1, 0.15) is 60.5 Å². The van der Waals surface area contributed by atoms with E-state index in [2.05, 4.69) is 25.1 Å². The molecule has 2 unspecified atom stereocenters. The number of aryl methyl sites for hydroxylation is 1. The smallest absolute Gasteiger partial charge is 0.342 e. The molecule has 1 saturated heterocycles. The molecule has 2 aromatic heterocycles. The number of nitrogens with one attached hydrogen (secondary N) is 2. The molecule has 44 heavy (non-hydrogen) atoms. The number of aliphatic hydroxyl groups is 2. The number of carbonyl (C=O) groups is 2. The lowest BCUT2D eigenvalue weighted by Crippen LogP contribution is -2.49. The molecule has 0 bridgehead atoms. The Balaban J connectivity index is 1.93. The summed E-state index contributed by atoms with van der Waals surface area (Å²) < 4.78 is 43.4. The highest BCUT2D eigenvalue weighted by atomic mass is 31.2. The second-order valence-corrected chi connectivity index (χ2v) is 13.2. The maximum Gasteiger partial charge on any atom is 0.342 e. The molecule has 0 amide bonds. The molecular weight excluding hydrogens is 599 g/mol. The van der Waals surface area contributed by atoms with E-state index < -0.39 is 62.3 Å². The van der Waals surface area contributed by atoms with Gasteiger partial charge in [-0.05, 0) is 39.5 Å². The van der Waals surface area contributed by atoms with Crippen molar-refractivity contribution in [2.45, 2.75) is 91.5 Å². The summed E-state index contributed by atoms with van der Waals surface area (Å²) in [5.41, 5.74) is -1.26. The lowest BCUT2D eigenvalue weighted by molar-refractivity contribution is -0.146. The summed E-state index contributed by atoms with van der Waals surface area (Å²) >= 11 is 0. The Morgan fingerprint density at radius 2 is 1.64 bits per heavy atom. The first-order valence-corrected chi connectivity index (χ1v) is 16.2. The van der Waals surface area contributed by atoms with Crippen LogP contribution < -0.4 is 14.9 Å². The second-order valence-electron chi connectivity index (χ2n) is 11.4. The Kier molecular flexibility index (Phi) is 11.9. The minimum Gasteiger partial charge on any atom is -0.479 e. The number of aliphatic hydroxyl groups excluding tert-OH is 1. The maximum absolute atomic E-state index is 14.4. The monoisotopic (exact) mass is 644 g/mol. The SMILES string of the molecule is CCOC(=O)[C@@H](NP(=O)(N[C@@H](C(=O)OCC)C(C)C)OC[C@H]1O[C@@H](n2cnc3c(OC)nc(C)nc32)[C@@](C)(O)C1O)C(C)C. The van der Waals surface area contributed by atoms with Crippen molar-refractivity contribution in [2.24, 2.45) is 11.8 Å². The van der Waals surface area contributed by atoms with Gasteiger partial charge in [0.25, 0.3) is 0 Å². The highest BCUT2D eigenvalue weighted by Gasteiger charge is 2.54. The van der Waals surface area contributed by atoms with Gasteiger partial charge in [0.1, 0.15) is 35.7 Å². The molecule has 1 aliphatic rings. The highest BCUT2D eigenvalue weighted by molar-refractivity contribution is 7.54. The largest absolute Gasteiger partial charge is 0.479 e. The van der Waals surface area contributed by atoms with Crippen molar-refractivity contribution in [3.63, 3.8) is 0 Å². The van der Waals surface area contributed by atoms with Crippen molar-refractivity contribution in [1.82, 2.24) is 29.7 Å². The Morgan fingerprint density at radius 1 is 1.09 bits per heavy atom. The van der Waals surface area contributed by atoms with E-state index in [0.29, 0.717) is 17.0 Å². The van der Waals surface area contributed by atoms with E-state index in [4.69, 9.17) is 23.5 Å². The third kappa shape index (κ3) is 7.73. The fourth-order valence-electron chi connectivity index (χ4n) is 4.75. The number of rotatable bonds is 15. The van der Waals surface area contributed by atoms with Crippen LogP contribution in [-0.2, 0) is 32.9 Å². The first-order valence-electron chi connectivity index (χ1n) is 14.5. The predicted octanol–water partition coefficient (Wildman–Crippen LogP) is 1.63. The summed E-state index contributed by atoms with van der Waals surface area (Å²) in [4.78, 5) is 38.4. The lowest BCUT2D eigenvalue weighted by atomic mass is 9.96. The summed E-state index contributed by atoms with van der Waals surface area (Å²) in [6, 6.07) is -2.16. The first kappa shape index (κ1) is 35.8. The molecule has 0 aliphatic carbocycles. The Hall–Kier alpha value is -2.72. The number of imidazole rings is 1. The number of nitrogens with zero attached hydrogens (tertiary/aromatic N) is 4. The molecule has 3 heterocycles. The molecule has 3 rings (SSSR count). The van der Waals surface area contributed by atoms with Gasteiger partial charge in [-0.15, -0.1) is 0 Å². The number of aromatic nitrogens is 4. The zero-order chi connectivity index (χ0) is 33.0. The lowest BCUT2D eigenvalue weighted by Gasteiger charge is -2.31. The molecule has 0 spiro atoms. The molecule has 1 fully saturated rings. The number of ether oxygens (including phenoxy) is 4. The minimum absolute atomic E-state index is 0.0948. The van der Waals surface area contributed by atoms with Crippen LogP contribution in [0.5, 0.6) is 5.88 Å². The molecule has 0 radical (unpaired) electrons. The third-order valence-corrected chi connectivity index (χ3v) is 8.90. The number of carbonyl (C=O) groups excluding carboxylic acids is 2. The number of esters is 2. The molecule has 0 aromatic carbocycles. The number of fused-ring (bicyclic) bond motifs is 1. The van der Waals surface area contributed by atoms with Crippen molar-refractivity contribution in [1.29, 1.82) is 0 Å². The van der Waals surface area contributed by atoms with Crippen LogP contribution in [-0.4, -0.2) is 98.5 Å². The molecule has 2 aromatic rings. The van der Waals surface area contributed by atoms with Crippen LogP contribution in [0.4, 0.5) is 0 Å². The van der Waals surface area contributed by atoms with Crippen molar-refractivity contribution >= 4 is 30.8 Å². The first-order chi connectivity index (χ1) is 20.6. The van der Waals surface area contributed by atoms with Gasteiger partial charge in [-0.2, -0.15) is 4.98 Å². The predicted molar refractivity (Wildman–Crippen MR) is 158 cm³/mol. The minimum atomic E-state index is -4.28. The third-order valence-electron chi connectivity index (χ3n) is 7.15. The van der Waals surface area contributed by atoms with E-state index in [0.717, 1.165) is 0 Å². The van der Waals surface area contributed by atoms with Crippen LogP contribution in [0.25, 0.3) is 11.2 Å². The van der Waals surface area contributed by atoms with Gasteiger partial charge < -0.3 is 33.7 Å². The summed E-state index contributed by atoms with van der Waals surface area (Å²) in [6.07, 6.45) is -2.56. The summed E-state index contributed by atoms with van der Waals surface area (Å²) in [5.74, 6) is -1.48.